The maximum Gasteiger partial charge on any atom is 0.262 e. The molecule has 0 saturated carbocycles. The number of hydrogen-bond acceptors (Lipinski definition) is 6. The van der Waals surface area contributed by atoms with Gasteiger partial charge in [-0.2, -0.15) is 4.72 Å². The van der Waals surface area contributed by atoms with Gasteiger partial charge in [0, 0.05) is 26.0 Å². The fourth-order valence-electron chi connectivity index (χ4n) is 2.45. The molecule has 0 heterocycles. The first-order valence-electron chi connectivity index (χ1n) is 7.17. The Balaban J connectivity index is 2.58. The first-order valence-corrected chi connectivity index (χ1v) is 8.65. The Hall–Kier alpha value is -2.20. The summed E-state index contributed by atoms with van der Waals surface area (Å²) >= 11 is 0. The summed E-state index contributed by atoms with van der Waals surface area (Å²) in [4.78, 5) is 13.2. The number of nitrogens with one attached hydrogen (secondary N) is 2. The van der Waals surface area contributed by atoms with Crippen LogP contribution in [-0.2, 0) is 14.8 Å². The summed E-state index contributed by atoms with van der Waals surface area (Å²) in [5.74, 6) is -0.923. The van der Waals surface area contributed by atoms with Gasteiger partial charge in [0.25, 0.3) is 5.91 Å². The van der Waals surface area contributed by atoms with E-state index in [-0.39, 0.29) is 11.4 Å². The predicted octanol–water partition coefficient (Wildman–Crippen LogP) is 0.0168. The van der Waals surface area contributed by atoms with E-state index >= 15 is 0 Å². The maximum absolute atomic E-state index is 12.7. The second-order valence-electron chi connectivity index (χ2n) is 5.41. The molecule has 130 valence electrons. The van der Waals surface area contributed by atoms with E-state index < -0.39 is 22.0 Å². The maximum atomic E-state index is 12.7. The third kappa shape index (κ3) is 3.49. The SMILES string of the molecule is CN(C)c1c(S(=O)(=O)N[C@@H](CN)C(=O)NO)ccc2ccccc12. The number of rotatable bonds is 6. The van der Waals surface area contributed by atoms with Crippen LogP contribution in [-0.4, -0.2) is 46.2 Å². The second-order valence-corrected chi connectivity index (χ2v) is 7.10. The molecule has 0 aliphatic heterocycles. The quantitative estimate of drug-likeness (QED) is 0.429. The van der Waals surface area contributed by atoms with Crippen LogP contribution in [0.2, 0.25) is 0 Å². The summed E-state index contributed by atoms with van der Waals surface area (Å²) in [5, 5.41) is 10.3. The van der Waals surface area contributed by atoms with Crippen molar-refractivity contribution < 1.29 is 18.4 Å². The third-order valence-electron chi connectivity index (χ3n) is 3.56. The number of hydroxylamine groups is 1. The van der Waals surface area contributed by atoms with E-state index in [0.29, 0.717) is 5.69 Å². The van der Waals surface area contributed by atoms with Gasteiger partial charge in [-0.15, -0.1) is 0 Å². The average Bonchev–Trinajstić information content (AvgIpc) is 2.57. The van der Waals surface area contributed by atoms with Gasteiger partial charge in [0.1, 0.15) is 10.9 Å². The molecule has 0 radical (unpaired) electrons. The van der Waals surface area contributed by atoms with Crippen molar-refractivity contribution in [2.45, 2.75) is 10.9 Å². The molecule has 2 aromatic rings. The van der Waals surface area contributed by atoms with E-state index in [4.69, 9.17) is 10.9 Å². The molecule has 0 spiro atoms. The third-order valence-corrected chi connectivity index (χ3v) is 5.06. The smallest absolute Gasteiger partial charge is 0.262 e. The molecule has 0 saturated heterocycles. The number of nitrogens with two attached hydrogens (primary N) is 1. The Bertz CT molecular complexity index is 852. The van der Waals surface area contributed by atoms with Gasteiger partial charge < -0.3 is 10.6 Å². The lowest BCUT2D eigenvalue weighted by Gasteiger charge is -2.22. The van der Waals surface area contributed by atoms with Crippen molar-refractivity contribution in [3.8, 4) is 0 Å². The standard InChI is InChI=1S/C15H20N4O4S/c1-19(2)14-11-6-4-3-5-10(11)7-8-13(14)24(22,23)18-12(9-16)15(20)17-21/h3-8,12,18,21H,9,16H2,1-2H3,(H,17,20)/t12-/m0/s1. The molecule has 0 unspecified atom stereocenters. The molecule has 2 aromatic carbocycles. The first-order chi connectivity index (χ1) is 11.3. The lowest BCUT2D eigenvalue weighted by Crippen LogP contribution is -2.50. The molecular formula is C15H20N4O4S. The summed E-state index contributed by atoms with van der Waals surface area (Å²) in [7, 11) is -0.562. The Morgan fingerprint density at radius 2 is 1.92 bits per heavy atom. The number of carbonyl (C=O) groups excluding carboxylic acids is 1. The fourth-order valence-corrected chi connectivity index (χ4v) is 3.95. The molecule has 0 aliphatic rings. The first kappa shape index (κ1) is 18.1. The number of benzene rings is 2. The van der Waals surface area contributed by atoms with E-state index in [1.807, 2.05) is 24.3 Å². The number of nitrogens with zero attached hydrogens (tertiary/aromatic N) is 1. The average molecular weight is 352 g/mol. The van der Waals surface area contributed by atoms with Crippen LogP contribution in [0.4, 0.5) is 5.69 Å². The molecule has 0 aromatic heterocycles. The summed E-state index contributed by atoms with van der Waals surface area (Å²) in [6.07, 6.45) is 0. The molecule has 1 atom stereocenters. The molecular weight excluding hydrogens is 332 g/mol. The van der Waals surface area contributed by atoms with Crippen LogP contribution in [0.15, 0.2) is 41.3 Å². The molecule has 0 bridgehead atoms. The minimum absolute atomic E-state index is 0.0235. The number of fused-ring (bicyclic) bond motifs is 1. The van der Waals surface area contributed by atoms with Crippen molar-refractivity contribution >= 4 is 32.4 Å². The van der Waals surface area contributed by atoms with E-state index in [1.165, 1.54) is 11.5 Å². The van der Waals surface area contributed by atoms with Gasteiger partial charge in [-0.05, 0) is 11.5 Å². The van der Waals surface area contributed by atoms with Gasteiger partial charge in [0.2, 0.25) is 10.0 Å². The van der Waals surface area contributed by atoms with Crippen LogP contribution in [0.25, 0.3) is 10.8 Å². The van der Waals surface area contributed by atoms with Crippen molar-refractivity contribution in [3.05, 3.63) is 36.4 Å². The van der Waals surface area contributed by atoms with E-state index in [2.05, 4.69) is 4.72 Å². The van der Waals surface area contributed by atoms with Gasteiger partial charge in [-0.3, -0.25) is 10.0 Å². The largest absolute Gasteiger partial charge is 0.376 e. The van der Waals surface area contributed by atoms with Crippen molar-refractivity contribution in [2.75, 3.05) is 25.5 Å². The Morgan fingerprint density at radius 1 is 1.25 bits per heavy atom. The lowest BCUT2D eigenvalue weighted by atomic mass is 10.1. The normalized spacial score (nSPS) is 12.8. The Morgan fingerprint density at radius 3 is 2.50 bits per heavy atom. The van der Waals surface area contributed by atoms with Crippen LogP contribution in [0, 0.1) is 0 Å². The molecule has 0 aliphatic carbocycles. The number of sulfonamides is 1. The molecule has 2 rings (SSSR count). The highest BCUT2D eigenvalue weighted by Gasteiger charge is 2.27. The van der Waals surface area contributed by atoms with Crippen molar-refractivity contribution in [2.24, 2.45) is 5.73 Å². The number of anilines is 1. The molecule has 0 fully saturated rings. The molecule has 8 nitrogen and oxygen atoms in total. The van der Waals surface area contributed by atoms with Crippen LogP contribution in [0.5, 0.6) is 0 Å². The molecule has 5 N–H and O–H groups in total. The highest BCUT2D eigenvalue weighted by molar-refractivity contribution is 7.89. The van der Waals surface area contributed by atoms with Gasteiger partial charge in [0.15, 0.2) is 0 Å². The molecule has 9 heteroatoms. The predicted molar refractivity (Wildman–Crippen MR) is 91.4 cm³/mol. The van der Waals surface area contributed by atoms with Crippen LogP contribution in [0.1, 0.15) is 0 Å². The highest BCUT2D eigenvalue weighted by Crippen LogP contribution is 2.32. The topological polar surface area (TPSA) is 125 Å². The van der Waals surface area contributed by atoms with Crippen molar-refractivity contribution in [1.29, 1.82) is 0 Å². The monoisotopic (exact) mass is 352 g/mol. The zero-order chi connectivity index (χ0) is 17.9. The van der Waals surface area contributed by atoms with Gasteiger partial charge in [-0.25, -0.2) is 13.9 Å². The zero-order valence-corrected chi connectivity index (χ0v) is 14.2. The Labute approximate surface area is 140 Å². The van der Waals surface area contributed by atoms with Crippen LogP contribution in [0.3, 0.4) is 0 Å². The summed E-state index contributed by atoms with van der Waals surface area (Å²) in [5.41, 5.74) is 7.32. The lowest BCUT2D eigenvalue weighted by molar-refractivity contribution is -0.130. The number of hydrogen-bond donors (Lipinski definition) is 4. The van der Waals surface area contributed by atoms with Crippen molar-refractivity contribution in [1.82, 2.24) is 10.2 Å². The molecule has 24 heavy (non-hydrogen) atoms. The van der Waals surface area contributed by atoms with Gasteiger partial charge in [-0.1, -0.05) is 30.3 Å². The summed E-state index contributed by atoms with van der Waals surface area (Å²) in [6.45, 7) is -0.295. The Kier molecular flexibility index (Phi) is 5.40. The summed E-state index contributed by atoms with van der Waals surface area (Å²) in [6, 6.07) is 9.29. The zero-order valence-electron chi connectivity index (χ0n) is 13.4. The fraction of sp³-hybridized carbons (Fsp3) is 0.267. The van der Waals surface area contributed by atoms with Crippen LogP contribution >= 0.6 is 0 Å². The van der Waals surface area contributed by atoms with Crippen LogP contribution < -0.4 is 20.8 Å². The summed E-state index contributed by atoms with van der Waals surface area (Å²) < 4.78 is 27.7. The number of amides is 1. The highest BCUT2D eigenvalue weighted by atomic mass is 32.2. The van der Waals surface area contributed by atoms with E-state index in [9.17, 15) is 13.2 Å². The number of carbonyl (C=O) groups is 1. The van der Waals surface area contributed by atoms with Crippen molar-refractivity contribution in [3.63, 3.8) is 0 Å². The van der Waals surface area contributed by atoms with Gasteiger partial charge >= 0.3 is 0 Å². The minimum Gasteiger partial charge on any atom is -0.376 e. The second kappa shape index (κ2) is 7.14. The van der Waals surface area contributed by atoms with E-state index in [1.54, 1.807) is 25.1 Å². The minimum atomic E-state index is -4.04. The van der Waals surface area contributed by atoms with E-state index in [0.717, 1.165) is 10.8 Å². The van der Waals surface area contributed by atoms with Gasteiger partial charge in [0.05, 0.1) is 5.69 Å². The molecule has 1 amide bonds.